The Kier molecular flexibility index (Phi) is 3.16. The van der Waals surface area contributed by atoms with E-state index in [0.29, 0.717) is 0 Å². The average molecular weight is 256 g/mol. The second kappa shape index (κ2) is 4.00. The van der Waals surface area contributed by atoms with Gasteiger partial charge in [0.15, 0.2) is 5.96 Å². The van der Waals surface area contributed by atoms with Crippen molar-refractivity contribution in [2.45, 2.75) is 20.8 Å². The molecule has 76 valence electrons. The summed E-state index contributed by atoms with van der Waals surface area (Å²) in [6, 6.07) is 2.05. The van der Waals surface area contributed by atoms with Crippen LogP contribution in [0.4, 0.5) is 5.69 Å². The molecule has 0 radical (unpaired) electrons. The smallest absolute Gasteiger partial charge is 0.191 e. The van der Waals surface area contributed by atoms with Gasteiger partial charge in [-0.1, -0.05) is 22.0 Å². The van der Waals surface area contributed by atoms with E-state index in [1.807, 2.05) is 20.8 Å². The Balaban J connectivity index is 3.44. The summed E-state index contributed by atoms with van der Waals surface area (Å²) in [6.07, 6.45) is 0. The third kappa shape index (κ3) is 2.07. The van der Waals surface area contributed by atoms with Gasteiger partial charge in [0.2, 0.25) is 0 Å². The number of hydrogen-bond donors (Lipinski definition) is 2. The summed E-state index contributed by atoms with van der Waals surface area (Å²) in [6.45, 7) is 6.03. The van der Waals surface area contributed by atoms with Crippen LogP contribution < -0.4 is 11.5 Å². The molecule has 0 saturated heterocycles. The monoisotopic (exact) mass is 255 g/mol. The topological polar surface area (TPSA) is 64.4 Å². The van der Waals surface area contributed by atoms with Crippen molar-refractivity contribution in [2.24, 2.45) is 16.5 Å². The summed E-state index contributed by atoms with van der Waals surface area (Å²) in [5.41, 5.74) is 14.9. The molecular formula is C10H14BrN3. The summed E-state index contributed by atoms with van der Waals surface area (Å²) < 4.78 is 1.06. The Morgan fingerprint density at radius 2 is 1.79 bits per heavy atom. The molecule has 4 N–H and O–H groups in total. The number of hydrogen-bond acceptors (Lipinski definition) is 1. The van der Waals surface area contributed by atoms with Gasteiger partial charge in [-0.25, -0.2) is 4.99 Å². The van der Waals surface area contributed by atoms with Crippen molar-refractivity contribution in [3.8, 4) is 0 Å². The fourth-order valence-corrected chi connectivity index (χ4v) is 1.76. The van der Waals surface area contributed by atoms with E-state index in [1.54, 1.807) is 0 Å². The van der Waals surface area contributed by atoms with Crippen LogP contribution in [-0.2, 0) is 0 Å². The first-order valence-electron chi connectivity index (χ1n) is 4.29. The Morgan fingerprint density at radius 3 is 2.29 bits per heavy atom. The van der Waals surface area contributed by atoms with Gasteiger partial charge < -0.3 is 11.5 Å². The number of rotatable bonds is 1. The Morgan fingerprint density at radius 1 is 1.21 bits per heavy atom. The number of benzene rings is 1. The molecule has 0 unspecified atom stereocenters. The van der Waals surface area contributed by atoms with Crippen LogP contribution in [0.25, 0.3) is 0 Å². The zero-order chi connectivity index (χ0) is 10.9. The molecule has 1 aromatic rings. The maximum atomic E-state index is 5.36. The Bertz CT molecular complexity index is 393. The normalized spacial score (nSPS) is 10.0. The van der Waals surface area contributed by atoms with Crippen molar-refractivity contribution in [3.63, 3.8) is 0 Å². The minimum atomic E-state index is 0.0898. The maximum absolute atomic E-state index is 5.36. The Hall–Kier alpha value is -1.03. The van der Waals surface area contributed by atoms with Crippen LogP contribution in [0, 0.1) is 20.8 Å². The number of nitrogens with two attached hydrogens (primary N) is 2. The molecule has 0 aromatic heterocycles. The predicted molar refractivity (Wildman–Crippen MR) is 63.8 cm³/mol. The van der Waals surface area contributed by atoms with Crippen molar-refractivity contribution in [3.05, 3.63) is 27.2 Å². The lowest BCUT2D eigenvalue weighted by Crippen LogP contribution is -2.22. The molecule has 0 amide bonds. The number of nitrogens with zero attached hydrogens (tertiary/aromatic N) is 1. The number of aliphatic imine (C=N–C) groups is 1. The van der Waals surface area contributed by atoms with Gasteiger partial charge in [0, 0.05) is 4.47 Å². The van der Waals surface area contributed by atoms with Crippen LogP contribution in [0.1, 0.15) is 16.7 Å². The van der Waals surface area contributed by atoms with E-state index in [9.17, 15) is 0 Å². The summed E-state index contributed by atoms with van der Waals surface area (Å²) in [7, 11) is 0. The predicted octanol–water partition coefficient (Wildman–Crippen LogP) is 2.28. The highest BCUT2D eigenvalue weighted by Gasteiger charge is 2.08. The molecule has 0 aliphatic carbocycles. The van der Waals surface area contributed by atoms with Gasteiger partial charge in [0.25, 0.3) is 0 Å². The highest BCUT2D eigenvalue weighted by atomic mass is 79.9. The molecule has 0 atom stereocenters. The molecule has 0 saturated carbocycles. The van der Waals surface area contributed by atoms with Gasteiger partial charge in [-0.15, -0.1) is 0 Å². The number of halogens is 1. The van der Waals surface area contributed by atoms with Gasteiger partial charge in [-0.3, -0.25) is 0 Å². The van der Waals surface area contributed by atoms with E-state index in [1.165, 1.54) is 5.56 Å². The first-order chi connectivity index (χ1) is 6.43. The molecule has 0 aliphatic rings. The van der Waals surface area contributed by atoms with Crippen molar-refractivity contribution in [1.82, 2.24) is 0 Å². The van der Waals surface area contributed by atoms with Crippen LogP contribution in [-0.4, -0.2) is 5.96 Å². The molecule has 4 heteroatoms. The lowest BCUT2D eigenvalue weighted by atomic mass is 10.1. The fraction of sp³-hybridized carbons (Fsp3) is 0.300. The molecule has 1 aromatic carbocycles. The molecule has 0 aliphatic heterocycles. The summed E-state index contributed by atoms with van der Waals surface area (Å²) in [4.78, 5) is 4.10. The summed E-state index contributed by atoms with van der Waals surface area (Å²) in [5.74, 6) is 0.0898. The first-order valence-corrected chi connectivity index (χ1v) is 5.08. The third-order valence-electron chi connectivity index (χ3n) is 2.08. The summed E-state index contributed by atoms with van der Waals surface area (Å²) in [5, 5.41) is 0. The number of aryl methyl sites for hydroxylation is 2. The van der Waals surface area contributed by atoms with Crippen LogP contribution >= 0.6 is 15.9 Å². The van der Waals surface area contributed by atoms with E-state index in [4.69, 9.17) is 11.5 Å². The minimum absolute atomic E-state index is 0.0898. The molecule has 0 spiro atoms. The van der Waals surface area contributed by atoms with Crippen LogP contribution in [0.2, 0.25) is 0 Å². The van der Waals surface area contributed by atoms with Crippen molar-refractivity contribution in [1.29, 1.82) is 0 Å². The molecule has 0 heterocycles. The van der Waals surface area contributed by atoms with E-state index < -0.39 is 0 Å². The molecular weight excluding hydrogens is 242 g/mol. The third-order valence-corrected chi connectivity index (χ3v) is 3.30. The van der Waals surface area contributed by atoms with Gasteiger partial charge in [-0.2, -0.15) is 0 Å². The van der Waals surface area contributed by atoms with Gasteiger partial charge in [0.1, 0.15) is 0 Å². The SMILES string of the molecule is Cc1cc(C)c(N=C(N)N)c(C)c1Br. The van der Waals surface area contributed by atoms with E-state index in [0.717, 1.165) is 21.3 Å². The van der Waals surface area contributed by atoms with Gasteiger partial charge >= 0.3 is 0 Å². The largest absolute Gasteiger partial charge is 0.370 e. The average Bonchev–Trinajstić information content (AvgIpc) is 2.09. The second-order valence-corrected chi connectivity index (χ2v) is 4.13. The second-order valence-electron chi connectivity index (χ2n) is 3.33. The molecule has 1 rings (SSSR count). The zero-order valence-electron chi connectivity index (χ0n) is 8.56. The fourth-order valence-electron chi connectivity index (χ4n) is 1.45. The zero-order valence-corrected chi connectivity index (χ0v) is 10.1. The minimum Gasteiger partial charge on any atom is -0.370 e. The number of guanidine groups is 1. The van der Waals surface area contributed by atoms with E-state index in [-0.39, 0.29) is 5.96 Å². The summed E-state index contributed by atoms with van der Waals surface area (Å²) >= 11 is 3.50. The highest BCUT2D eigenvalue weighted by Crippen LogP contribution is 2.32. The quantitative estimate of drug-likeness (QED) is 0.598. The van der Waals surface area contributed by atoms with E-state index >= 15 is 0 Å². The van der Waals surface area contributed by atoms with Crippen molar-refractivity contribution >= 4 is 27.6 Å². The van der Waals surface area contributed by atoms with Gasteiger partial charge in [0.05, 0.1) is 5.69 Å². The lowest BCUT2D eigenvalue weighted by Gasteiger charge is -2.10. The highest BCUT2D eigenvalue weighted by molar-refractivity contribution is 9.10. The van der Waals surface area contributed by atoms with Gasteiger partial charge in [-0.05, 0) is 37.5 Å². The van der Waals surface area contributed by atoms with Crippen molar-refractivity contribution < 1.29 is 0 Å². The van der Waals surface area contributed by atoms with E-state index in [2.05, 4.69) is 27.0 Å². The first kappa shape index (κ1) is 11.0. The molecule has 14 heavy (non-hydrogen) atoms. The van der Waals surface area contributed by atoms with Crippen LogP contribution in [0.15, 0.2) is 15.5 Å². The Labute approximate surface area is 92.3 Å². The lowest BCUT2D eigenvalue weighted by molar-refractivity contribution is 1.25. The molecule has 3 nitrogen and oxygen atoms in total. The molecule has 0 bridgehead atoms. The molecule has 0 fully saturated rings. The maximum Gasteiger partial charge on any atom is 0.191 e. The van der Waals surface area contributed by atoms with Crippen LogP contribution in [0.5, 0.6) is 0 Å². The van der Waals surface area contributed by atoms with Crippen LogP contribution in [0.3, 0.4) is 0 Å². The van der Waals surface area contributed by atoms with Crippen molar-refractivity contribution in [2.75, 3.05) is 0 Å². The standard InChI is InChI=1S/C10H14BrN3/c1-5-4-6(2)9(14-10(12)13)7(3)8(5)11/h4H,1-3H3,(H4,12,13,14).